The van der Waals surface area contributed by atoms with Crippen molar-refractivity contribution in [2.45, 2.75) is 13.8 Å². The molecule has 0 aliphatic heterocycles. The molecule has 0 aliphatic carbocycles. The van der Waals surface area contributed by atoms with E-state index in [0.717, 1.165) is 11.1 Å². The van der Waals surface area contributed by atoms with Crippen LogP contribution in [0.1, 0.15) is 19.4 Å². The lowest BCUT2D eigenvalue weighted by atomic mass is 10.1. The van der Waals surface area contributed by atoms with Gasteiger partial charge in [0.1, 0.15) is 0 Å². The molecule has 0 bridgehead atoms. The molecular formula is C13H14O2. The Morgan fingerprint density at radius 2 is 1.87 bits per heavy atom. The minimum atomic E-state index is -0.308. The Labute approximate surface area is 89.9 Å². The van der Waals surface area contributed by atoms with Crippen LogP contribution in [0.2, 0.25) is 0 Å². The summed E-state index contributed by atoms with van der Waals surface area (Å²) in [5, 5.41) is 0. The number of ether oxygens (including phenoxy) is 1. The number of allylic oxidation sites excluding steroid dienone is 3. The third-order valence-corrected chi connectivity index (χ3v) is 1.89. The van der Waals surface area contributed by atoms with E-state index in [1.165, 1.54) is 13.2 Å². The van der Waals surface area contributed by atoms with E-state index in [4.69, 9.17) is 0 Å². The third-order valence-electron chi connectivity index (χ3n) is 1.89. The summed E-state index contributed by atoms with van der Waals surface area (Å²) < 4.78 is 4.66. The van der Waals surface area contributed by atoms with E-state index in [1.54, 1.807) is 6.08 Å². The van der Waals surface area contributed by atoms with Crippen molar-refractivity contribution >= 4 is 11.5 Å². The van der Waals surface area contributed by atoms with Gasteiger partial charge in [-0.15, -0.1) is 0 Å². The minimum absolute atomic E-state index is 0.308. The average Bonchev–Trinajstić information content (AvgIpc) is 2.25. The molecule has 0 aliphatic rings. The third kappa shape index (κ3) is 4.27. The van der Waals surface area contributed by atoms with Crippen molar-refractivity contribution in [3.8, 4) is 0 Å². The lowest BCUT2D eigenvalue weighted by Crippen LogP contribution is -1.88. The molecule has 0 heterocycles. The van der Waals surface area contributed by atoms with E-state index >= 15 is 0 Å². The monoisotopic (exact) mass is 202 g/mol. The van der Waals surface area contributed by atoms with E-state index in [2.05, 4.69) is 4.74 Å². The topological polar surface area (TPSA) is 26.3 Å². The number of rotatable bonds is 3. The first-order valence-corrected chi connectivity index (χ1v) is 4.76. The lowest BCUT2D eigenvalue weighted by Gasteiger charge is -1.98. The first kappa shape index (κ1) is 11.2. The van der Waals surface area contributed by atoms with Crippen LogP contribution in [-0.2, 0) is 9.53 Å². The van der Waals surface area contributed by atoms with Crippen LogP contribution in [0.5, 0.6) is 0 Å². The van der Waals surface area contributed by atoms with Crippen molar-refractivity contribution in [3.05, 3.63) is 54.3 Å². The quantitative estimate of drug-likeness (QED) is 0.427. The van der Waals surface area contributed by atoms with Crippen molar-refractivity contribution in [2.75, 3.05) is 0 Å². The molecule has 0 saturated carbocycles. The lowest BCUT2D eigenvalue weighted by molar-refractivity contribution is -0.135. The van der Waals surface area contributed by atoms with Gasteiger partial charge in [0.15, 0.2) is 0 Å². The van der Waals surface area contributed by atoms with Gasteiger partial charge in [-0.1, -0.05) is 36.4 Å². The molecule has 78 valence electrons. The summed E-state index contributed by atoms with van der Waals surface area (Å²) in [6.07, 6.45) is 5.00. The average molecular weight is 202 g/mol. The molecular weight excluding hydrogens is 188 g/mol. The van der Waals surface area contributed by atoms with Crippen molar-refractivity contribution in [2.24, 2.45) is 0 Å². The number of benzene rings is 1. The SMILES string of the molecule is CC(=O)O/C=C\C=C(/C)c1ccccc1. The summed E-state index contributed by atoms with van der Waals surface area (Å²) in [6.45, 7) is 3.38. The van der Waals surface area contributed by atoms with Crippen molar-refractivity contribution in [3.63, 3.8) is 0 Å². The molecule has 0 spiro atoms. The van der Waals surface area contributed by atoms with E-state index in [-0.39, 0.29) is 5.97 Å². The van der Waals surface area contributed by atoms with Gasteiger partial charge < -0.3 is 4.74 Å². The first-order chi connectivity index (χ1) is 7.20. The van der Waals surface area contributed by atoms with Gasteiger partial charge in [0.25, 0.3) is 0 Å². The smallest absolute Gasteiger partial charge is 0.307 e. The molecule has 1 aromatic rings. The van der Waals surface area contributed by atoms with Gasteiger partial charge in [0, 0.05) is 6.92 Å². The number of hydrogen-bond acceptors (Lipinski definition) is 2. The number of esters is 1. The largest absolute Gasteiger partial charge is 0.435 e. The van der Waals surface area contributed by atoms with Crippen LogP contribution in [0.3, 0.4) is 0 Å². The van der Waals surface area contributed by atoms with E-state index in [0.29, 0.717) is 0 Å². The van der Waals surface area contributed by atoms with Gasteiger partial charge in [0.05, 0.1) is 6.26 Å². The Kier molecular flexibility index (Phi) is 4.35. The second-order valence-electron chi connectivity index (χ2n) is 3.15. The Bertz CT molecular complexity index is 375. The zero-order valence-electron chi connectivity index (χ0n) is 8.94. The second kappa shape index (κ2) is 5.81. The maximum Gasteiger partial charge on any atom is 0.307 e. The number of carbonyl (C=O) groups excluding carboxylic acids is 1. The summed E-state index contributed by atoms with van der Waals surface area (Å²) in [7, 11) is 0. The van der Waals surface area contributed by atoms with Crippen LogP contribution in [0.4, 0.5) is 0 Å². The molecule has 0 atom stereocenters. The van der Waals surface area contributed by atoms with Gasteiger partial charge in [-0.05, 0) is 24.1 Å². The maximum atomic E-state index is 10.5. The fraction of sp³-hybridized carbons (Fsp3) is 0.154. The molecule has 0 N–H and O–H groups in total. The Balaban J connectivity index is 2.61. The fourth-order valence-corrected chi connectivity index (χ4v) is 1.12. The van der Waals surface area contributed by atoms with Crippen LogP contribution < -0.4 is 0 Å². The molecule has 0 unspecified atom stereocenters. The second-order valence-corrected chi connectivity index (χ2v) is 3.15. The zero-order valence-corrected chi connectivity index (χ0v) is 8.94. The van der Waals surface area contributed by atoms with E-state index in [9.17, 15) is 4.79 Å². The normalized spacial score (nSPS) is 11.7. The molecule has 2 heteroatoms. The fourth-order valence-electron chi connectivity index (χ4n) is 1.12. The molecule has 0 aromatic heterocycles. The number of hydrogen-bond donors (Lipinski definition) is 0. The minimum Gasteiger partial charge on any atom is -0.435 e. The highest BCUT2D eigenvalue weighted by atomic mass is 16.5. The first-order valence-electron chi connectivity index (χ1n) is 4.76. The summed E-state index contributed by atoms with van der Waals surface area (Å²) >= 11 is 0. The van der Waals surface area contributed by atoms with Crippen molar-refractivity contribution in [1.29, 1.82) is 0 Å². The highest BCUT2D eigenvalue weighted by Gasteiger charge is 1.91. The zero-order chi connectivity index (χ0) is 11.1. The summed E-state index contributed by atoms with van der Waals surface area (Å²) in [5.74, 6) is -0.308. The Morgan fingerprint density at radius 1 is 1.20 bits per heavy atom. The van der Waals surface area contributed by atoms with Crippen LogP contribution in [0.15, 0.2) is 48.7 Å². The van der Waals surface area contributed by atoms with E-state index < -0.39 is 0 Å². The highest BCUT2D eigenvalue weighted by molar-refractivity contribution is 5.67. The van der Waals surface area contributed by atoms with Gasteiger partial charge in [-0.3, -0.25) is 4.79 Å². The van der Waals surface area contributed by atoms with Gasteiger partial charge >= 0.3 is 5.97 Å². The Hall–Kier alpha value is -1.83. The van der Waals surface area contributed by atoms with Crippen LogP contribution in [0.25, 0.3) is 5.57 Å². The van der Waals surface area contributed by atoms with Crippen LogP contribution >= 0.6 is 0 Å². The molecule has 15 heavy (non-hydrogen) atoms. The summed E-state index contributed by atoms with van der Waals surface area (Å²) in [5.41, 5.74) is 2.28. The van der Waals surface area contributed by atoms with Crippen LogP contribution in [0, 0.1) is 0 Å². The molecule has 2 nitrogen and oxygen atoms in total. The number of carbonyl (C=O) groups is 1. The highest BCUT2D eigenvalue weighted by Crippen LogP contribution is 2.12. The van der Waals surface area contributed by atoms with Crippen LogP contribution in [-0.4, -0.2) is 5.97 Å². The predicted octanol–water partition coefficient (Wildman–Crippen LogP) is 3.17. The van der Waals surface area contributed by atoms with Crippen molar-refractivity contribution < 1.29 is 9.53 Å². The Morgan fingerprint density at radius 3 is 2.47 bits per heavy atom. The summed E-state index contributed by atoms with van der Waals surface area (Å²) in [6, 6.07) is 10.0. The summed E-state index contributed by atoms with van der Waals surface area (Å²) in [4.78, 5) is 10.5. The van der Waals surface area contributed by atoms with Gasteiger partial charge in [0.2, 0.25) is 0 Å². The molecule has 1 aromatic carbocycles. The van der Waals surface area contributed by atoms with Crippen molar-refractivity contribution in [1.82, 2.24) is 0 Å². The maximum absolute atomic E-state index is 10.5. The molecule has 0 saturated heterocycles. The van der Waals surface area contributed by atoms with Gasteiger partial charge in [-0.25, -0.2) is 0 Å². The van der Waals surface area contributed by atoms with E-state index in [1.807, 2.05) is 43.3 Å². The predicted molar refractivity (Wildman–Crippen MR) is 61.0 cm³/mol. The van der Waals surface area contributed by atoms with Gasteiger partial charge in [-0.2, -0.15) is 0 Å². The standard InChI is InChI=1S/C13H14O2/c1-11(7-6-10-15-12(2)14)13-8-4-3-5-9-13/h3-10H,1-2H3/b10-6-,11-7+. The molecule has 0 amide bonds. The molecule has 0 radical (unpaired) electrons. The molecule has 0 fully saturated rings. The molecule has 1 rings (SSSR count).